The van der Waals surface area contributed by atoms with E-state index in [4.69, 9.17) is 10.00 Å². The number of esters is 1. The SMILES string of the molecule is C[C@@H](OC(=O)Cc1ccc2c(c1)CCC2)C(=O)Nc1sccc1C#N. The smallest absolute Gasteiger partial charge is 0.311 e. The summed E-state index contributed by atoms with van der Waals surface area (Å²) in [5, 5.41) is 13.8. The third-order valence-electron chi connectivity index (χ3n) is 4.21. The van der Waals surface area contributed by atoms with E-state index >= 15 is 0 Å². The minimum Gasteiger partial charge on any atom is -0.452 e. The van der Waals surface area contributed by atoms with Gasteiger partial charge in [-0.3, -0.25) is 9.59 Å². The van der Waals surface area contributed by atoms with E-state index in [1.54, 1.807) is 11.4 Å². The predicted octanol–water partition coefficient (Wildman–Crippen LogP) is 3.22. The highest BCUT2D eigenvalue weighted by Gasteiger charge is 2.20. The Morgan fingerprint density at radius 1 is 1.32 bits per heavy atom. The number of nitrogens with zero attached hydrogens (tertiary/aromatic N) is 1. The number of hydrogen-bond donors (Lipinski definition) is 1. The van der Waals surface area contributed by atoms with Crippen LogP contribution in [0, 0.1) is 11.3 Å². The molecule has 1 amide bonds. The van der Waals surface area contributed by atoms with Crippen molar-refractivity contribution in [3.63, 3.8) is 0 Å². The minimum absolute atomic E-state index is 0.146. The molecule has 128 valence electrons. The molecule has 1 aliphatic carbocycles. The quantitative estimate of drug-likeness (QED) is 0.836. The van der Waals surface area contributed by atoms with Crippen molar-refractivity contribution in [2.24, 2.45) is 0 Å². The van der Waals surface area contributed by atoms with E-state index in [9.17, 15) is 9.59 Å². The molecule has 0 unspecified atom stereocenters. The highest BCUT2D eigenvalue weighted by atomic mass is 32.1. The fourth-order valence-corrected chi connectivity index (χ4v) is 3.64. The number of carbonyl (C=O) groups excluding carboxylic acids is 2. The summed E-state index contributed by atoms with van der Waals surface area (Å²) in [5.41, 5.74) is 3.96. The molecule has 6 heteroatoms. The number of carbonyl (C=O) groups is 2. The third-order valence-corrected chi connectivity index (χ3v) is 5.04. The molecule has 0 spiro atoms. The van der Waals surface area contributed by atoms with Gasteiger partial charge in [0.05, 0.1) is 12.0 Å². The third kappa shape index (κ3) is 4.06. The van der Waals surface area contributed by atoms with Crippen molar-refractivity contribution in [1.29, 1.82) is 5.26 Å². The van der Waals surface area contributed by atoms with Gasteiger partial charge in [0.2, 0.25) is 0 Å². The Hall–Kier alpha value is -2.65. The molecule has 1 aliphatic rings. The fourth-order valence-electron chi connectivity index (χ4n) is 2.90. The molecule has 1 aromatic carbocycles. The molecule has 0 radical (unpaired) electrons. The van der Waals surface area contributed by atoms with Crippen molar-refractivity contribution in [2.45, 2.75) is 38.7 Å². The van der Waals surface area contributed by atoms with E-state index in [0.29, 0.717) is 10.6 Å². The maximum atomic E-state index is 12.1. The molecule has 1 heterocycles. The first-order valence-corrected chi connectivity index (χ1v) is 9.03. The first-order valence-electron chi connectivity index (χ1n) is 8.15. The minimum atomic E-state index is -0.921. The number of nitrogens with one attached hydrogen (secondary N) is 1. The molecule has 0 fully saturated rings. The molecule has 1 N–H and O–H groups in total. The summed E-state index contributed by atoms with van der Waals surface area (Å²) in [6, 6.07) is 9.70. The van der Waals surface area contributed by atoms with Crippen molar-refractivity contribution < 1.29 is 14.3 Å². The van der Waals surface area contributed by atoms with Gasteiger partial charge in [-0.1, -0.05) is 18.2 Å². The molecular weight excluding hydrogens is 336 g/mol. The van der Waals surface area contributed by atoms with E-state index in [-0.39, 0.29) is 6.42 Å². The molecule has 3 rings (SSSR count). The molecule has 1 aromatic heterocycles. The van der Waals surface area contributed by atoms with Crippen molar-refractivity contribution in [3.8, 4) is 6.07 Å². The Kier molecular flexibility index (Phi) is 5.15. The lowest BCUT2D eigenvalue weighted by Gasteiger charge is -2.13. The number of aryl methyl sites for hydroxylation is 2. The van der Waals surface area contributed by atoms with E-state index in [1.807, 2.05) is 12.1 Å². The van der Waals surface area contributed by atoms with E-state index < -0.39 is 18.0 Å². The van der Waals surface area contributed by atoms with Crippen molar-refractivity contribution >= 4 is 28.2 Å². The summed E-state index contributed by atoms with van der Waals surface area (Å²) in [4.78, 5) is 24.2. The van der Waals surface area contributed by atoms with Gasteiger partial charge in [0.1, 0.15) is 11.1 Å². The summed E-state index contributed by atoms with van der Waals surface area (Å²) in [6.45, 7) is 1.52. The largest absolute Gasteiger partial charge is 0.452 e. The monoisotopic (exact) mass is 354 g/mol. The van der Waals surface area contributed by atoms with Crippen LogP contribution >= 0.6 is 11.3 Å². The van der Waals surface area contributed by atoms with Crippen molar-refractivity contribution in [3.05, 3.63) is 51.9 Å². The van der Waals surface area contributed by atoms with Gasteiger partial charge in [0.25, 0.3) is 5.91 Å². The Morgan fingerprint density at radius 2 is 2.12 bits per heavy atom. The van der Waals surface area contributed by atoms with Crippen molar-refractivity contribution in [1.82, 2.24) is 0 Å². The fraction of sp³-hybridized carbons (Fsp3) is 0.316. The Bertz CT molecular complexity index is 851. The second-order valence-electron chi connectivity index (χ2n) is 6.03. The van der Waals surface area contributed by atoms with Gasteiger partial charge >= 0.3 is 5.97 Å². The van der Waals surface area contributed by atoms with Gasteiger partial charge in [-0.25, -0.2) is 0 Å². The maximum Gasteiger partial charge on any atom is 0.311 e. The van der Waals surface area contributed by atoms with Crippen LogP contribution in [0.4, 0.5) is 5.00 Å². The molecular formula is C19H18N2O3S. The standard InChI is InChI=1S/C19H18N2O3S/c1-12(18(23)21-19-16(11-20)7-8-25-19)24-17(22)10-13-5-6-14-3-2-4-15(14)9-13/h5-9,12H,2-4,10H2,1H3,(H,21,23)/t12-/m1/s1. The second kappa shape index (κ2) is 7.49. The van der Waals surface area contributed by atoms with Crippen LogP contribution < -0.4 is 5.32 Å². The lowest BCUT2D eigenvalue weighted by molar-refractivity contribution is -0.152. The van der Waals surface area contributed by atoms with E-state index in [1.165, 1.54) is 29.4 Å². The van der Waals surface area contributed by atoms with Crippen LogP contribution in [0.2, 0.25) is 0 Å². The molecule has 0 saturated heterocycles. The summed E-state index contributed by atoms with van der Waals surface area (Å²) < 4.78 is 5.23. The van der Waals surface area contributed by atoms with Crippen LogP contribution in [0.5, 0.6) is 0 Å². The summed E-state index contributed by atoms with van der Waals surface area (Å²) in [6.07, 6.45) is 2.54. The van der Waals surface area contributed by atoms with E-state index in [2.05, 4.69) is 17.4 Å². The number of anilines is 1. The van der Waals surface area contributed by atoms with Gasteiger partial charge in [0, 0.05) is 0 Å². The number of nitriles is 1. The van der Waals surface area contributed by atoms with Gasteiger partial charge in [-0.15, -0.1) is 11.3 Å². The molecule has 2 aromatic rings. The van der Waals surface area contributed by atoms with Crippen LogP contribution in [-0.2, 0) is 33.6 Å². The van der Waals surface area contributed by atoms with Crippen LogP contribution in [-0.4, -0.2) is 18.0 Å². The van der Waals surface area contributed by atoms with Crippen LogP contribution in [0.1, 0.15) is 35.6 Å². The lowest BCUT2D eigenvalue weighted by atomic mass is 10.0. The Balaban J connectivity index is 1.55. The summed E-state index contributed by atoms with van der Waals surface area (Å²) in [5.74, 6) is -0.881. The highest BCUT2D eigenvalue weighted by molar-refractivity contribution is 7.14. The van der Waals surface area contributed by atoms with Gasteiger partial charge in [0.15, 0.2) is 6.10 Å². The zero-order chi connectivity index (χ0) is 17.8. The number of thiophene rings is 1. The van der Waals surface area contributed by atoms with Crippen LogP contribution in [0.3, 0.4) is 0 Å². The maximum absolute atomic E-state index is 12.1. The Morgan fingerprint density at radius 3 is 2.92 bits per heavy atom. The topological polar surface area (TPSA) is 79.2 Å². The number of benzene rings is 1. The summed E-state index contributed by atoms with van der Waals surface area (Å²) in [7, 11) is 0. The molecule has 0 aliphatic heterocycles. The zero-order valence-corrected chi connectivity index (χ0v) is 14.7. The van der Waals surface area contributed by atoms with Gasteiger partial charge in [-0.2, -0.15) is 5.26 Å². The molecule has 5 nitrogen and oxygen atoms in total. The average Bonchev–Trinajstić information content (AvgIpc) is 3.22. The van der Waals surface area contributed by atoms with Crippen molar-refractivity contribution in [2.75, 3.05) is 5.32 Å². The van der Waals surface area contributed by atoms with E-state index in [0.717, 1.165) is 24.8 Å². The normalized spacial score (nSPS) is 13.6. The van der Waals surface area contributed by atoms with Gasteiger partial charge in [-0.05, 0) is 54.3 Å². The molecule has 0 bridgehead atoms. The number of hydrogen-bond acceptors (Lipinski definition) is 5. The molecule has 1 atom stereocenters. The Labute approximate surface area is 150 Å². The number of rotatable bonds is 5. The second-order valence-corrected chi connectivity index (χ2v) is 6.95. The first kappa shape index (κ1) is 17.2. The molecule has 0 saturated carbocycles. The van der Waals surface area contributed by atoms with Crippen LogP contribution in [0.15, 0.2) is 29.6 Å². The van der Waals surface area contributed by atoms with Crippen LogP contribution in [0.25, 0.3) is 0 Å². The molecule has 25 heavy (non-hydrogen) atoms. The lowest BCUT2D eigenvalue weighted by Crippen LogP contribution is -2.30. The highest BCUT2D eigenvalue weighted by Crippen LogP contribution is 2.24. The van der Waals surface area contributed by atoms with Gasteiger partial charge < -0.3 is 10.1 Å². The predicted molar refractivity (Wildman–Crippen MR) is 95.4 cm³/mol. The number of amides is 1. The average molecular weight is 354 g/mol. The number of ether oxygens (including phenoxy) is 1. The first-order chi connectivity index (χ1) is 12.1. The summed E-state index contributed by atoms with van der Waals surface area (Å²) >= 11 is 1.26. The number of fused-ring (bicyclic) bond motifs is 1. The zero-order valence-electron chi connectivity index (χ0n) is 13.9.